The number of nitrogens with zero attached hydrogens (tertiary/aromatic N) is 1. The summed E-state index contributed by atoms with van der Waals surface area (Å²) in [4.78, 5) is 34.7. The van der Waals surface area contributed by atoms with Gasteiger partial charge in [0.2, 0.25) is 0 Å². The molecule has 2 aliphatic heterocycles. The Morgan fingerprint density at radius 2 is 0.865 bits per heavy atom. The van der Waals surface area contributed by atoms with E-state index in [0.29, 0.717) is 12.8 Å². The lowest BCUT2D eigenvalue weighted by molar-refractivity contribution is -0.517. The van der Waals surface area contributed by atoms with Crippen molar-refractivity contribution in [2.45, 2.75) is 166 Å². The van der Waals surface area contributed by atoms with Crippen molar-refractivity contribution in [2.24, 2.45) is 17.6 Å². The van der Waals surface area contributed by atoms with Gasteiger partial charge in [0.25, 0.3) is 11.8 Å². The lowest BCUT2D eigenvalue weighted by Crippen LogP contribution is -2.62. The zero-order chi connectivity index (χ0) is 53.8. The second-order valence-electron chi connectivity index (χ2n) is 18.6. The highest BCUT2D eigenvalue weighted by Gasteiger charge is 2.59. The van der Waals surface area contributed by atoms with Gasteiger partial charge in [0, 0.05) is 23.2 Å². The maximum Gasteiger partial charge on any atom is 0.381 e. The molecule has 2 heterocycles. The van der Waals surface area contributed by atoms with Gasteiger partial charge >= 0.3 is 18.0 Å². The van der Waals surface area contributed by atoms with E-state index in [1.54, 1.807) is 19.1 Å². The lowest BCUT2D eigenvalue weighted by atomic mass is 9.83. The Morgan fingerprint density at radius 1 is 0.554 bits per heavy atom. The minimum absolute atomic E-state index is 0.00664. The third kappa shape index (κ3) is 16.8. The monoisotopic (exact) mass is 1040 g/mol. The van der Waals surface area contributed by atoms with Crippen LogP contribution in [0.3, 0.4) is 0 Å². The largest absolute Gasteiger partial charge is 0.465 e. The summed E-state index contributed by atoms with van der Waals surface area (Å²) < 4.78 is 109. The molecule has 4 aromatic carbocycles. The van der Waals surface area contributed by atoms with Crippen molar-refractivity contribution in [2.75, 3.05) is 13.2 Å². The van der Waals surface area contributed by atoms with Crippen molar-refractivity contribution >= 4 is 11.9 Å². The molecular weight excluding hydrogens is 969 g/mol. The summed E-state index contributed by atoms with van der Waals surface area (Å²) in [6.07, 6.45) is -9.80. The van der Waals surface area contributed by atoms with E-state index < -0.39 is 102 Å². The molecule has 0 bridgehead atoms. The summed E-state index contributed by atoms with van der Waals surface area (Å²) in [6.45, 7) is 11.0. The number of nitro groups is 1. The Bertz CT molecular complexity index is 2270. The summed E-state index contributed by atoms with van der Waals surface area (Å²) in [5.41, 5.74) is 9.18. The van der Waals surface area contributed by atoms with Crippen LogP contribution in [0.5, 0.6) is 0 Å². The number of hydrogen-bond donors (Lipinski definition) is 1. The standard InChI is InChI=1S/C28H35F2NO7.C28H37F2NO5/c1-4-23-19(3)24(36-17-20-12-8-6-9-13-20)25(37-18-21-14-10-7-11-15-21)26(38-23)28(29,30)16-22(31(33)34)27(32)35-5-2;1-4-23-19(3)24(34-17-20-12-8-6-9-13-20)25(35-18-21-14-10-7-11-15-21)26(36-23)28(29,30)16-22(31)27(32)33-5-2/h6-15,19,22-26H,4-5,16-18H2,1-3H3;6-15,19,22-26H,4-5,16-18,31H2,1-3H3/t2*19-,22?,23+,24-,25+,26?/m00/s1. The van der Waals surface area contributed by atoms with Crippen molar-refractivity contribution in [1.29, 1.82) is 0 Å². The minimum atomic E-state index is -3.80. The number of ether oxygens (including phenoxy) is 8. The van der Waals surface area contributed by atoms with Gasteiger partial charge in [-0.25, -0.2) is 22.4 Å². The number of halogens is 4. The van der Waals surface area contributed by atoms with Crippen molar-refractivity contribution in [3.05, 3.63) is 154 Å². The zero-order valence-electron chi connectivity index (χ0n) is 43.0. The molecule has 12 atom stereocenters. The number of carbonyl (C=O) groups excluding carboxylic acids is 2. The number of benzene rings is 4. The summed E-state index contributed by atoms with van der Waals surface area (Å²) >= 11 is 0. The third-order valence-corrected chi connectivity index (χ3v) is 13.2. The second kappa shape index (κ2) is 29.1. The van der Waals surface area contributed by atoms with E-state index in [0.717, 1.165) is 22.3 Å². The number of nitrogens with two attached hydrogens (primary N) is 1. The maximum absolute atomic E-state index is 15.9. The van der Waals surface area contributed by atoms with Crippen molar-refractivity contribution in [1.82, 2.24) is 0 Å². The van der Waals surface area contributed by atoms with E-state index in [1.165, 1.54) is 6.92 Å². The molecule has 18 heteroatoms. The molecule has 2 fully saturated rings. The fourth-order valence-corrected chi connectivity index (χ4v) is 9.28. The molecule has 0 spiro atoms. The van der Waals surface area contributed by atoms with Gasteiger partial charge in [-0.3, -0.25) is 14.9 Å². The van der Waals surface area contributed by atoms with Crippen LogP contribution in [0.25, 0.3) is 0 Å². The van der Waals surface area contributed by atoms with E-state index in [9.17, 15) is 19.7 Å². The number of hydrogen-bond acceptors (Lipinski definition) is 13. The molecule has 2 saturated heterocycles. The van der Waals surface area contributed by atoms with Crippen molar-refractivity contribution < 1.29 is 70.0 Å². The predicted molar refractivity (Wildman–Crippen MR) is 267 cm³/mol. The van der Waals surface area contributed by atoms with Crippen LogP contribution in [0, 0.1) is 22.0 Å². The van der Waals surface area contributed by atoms with Gasteiger partial charge in [-0.05, 0) is 48.9 Å². The Hall–Kier alpha value is -5.34. The van der Waals surface area contributed by atoms with Gasteiger partial charge in [-0.2, -0.15) is 0 Å². The highest BCUT2D eigenvalue weighted by atomic mass is 19.3. The van der Waals surface area contributed by atoms with Crippen LogP contribution in [0.4, 0.5) is 17.6 Å². The highest BCUT2D eigenvalue weighted by Crippen LogP contribution is 2.43. The Balaban J connectivity index is 0.000000274. The Morgan fingerprint density at radius 3 is 1.18 bits per heavy atom. The van der Waals surface area contributed by atoms with Crippen molar-refractivity contribution in [3.63, 3.8) is 0 Å². The molecule has 406 valence electrons. The predicted octanol–water partition coefficient (Wildman–Crippen LogP) is 10.1. The van der Waals surface area contributed by atoms with E-state index >= 15 is 17.6 Å². The molecule has 0 saturated carbocycles. The first-order valence-electron chi connectivity index (χ1n) is 25.3. The molecule has 4 unspecified atom stereocenters. The number of rotatable bonds is 25. The zero-order valence-corrected chi connectivity index (χ0v) is 43.0. The van der Waals surface area contributed by atoms with Crippen LogP contribution in [-0.4, -0.2) is 103 Å². The molecule has 0 amide bonds. The number of esters is 2. The highest BCUT2D eigenvalue weighted by molar-refractivity contribution is 5.75. The molecule has 0 aromatic heterocycles. The van der Waals surface area contributed by atoms with Gasteiger partial charge in [0.1, 0.15) is 24.4 Å². The lowest BCUT2D eigenvalue weighted by Gasteiger charge is -2.47. The number of carbonyl (C=O) groups is 2. The Kier molecular flexibility index (Phi) is 23.4. The van der Waals surface area contributed by atoms with E-state index in [1.807, 2.05) is 137 Å². The first-order valence-corrected chi connectivity index (χ1v) is 25.3. The summed E-state index contributed by atoms with van der Waals surface area (Å²) in [5, 5.41) is 11.5. The van der Waals surface area contributed by atoms with Gasteiger partial charge in [0.05, 0.1) is 70.5 Å². The van der Waals surface area contributed by atoms with Crippen LogP contribution < -0.4 is 5.73 Å². The smallest absolute Gasteiger partial charge is 0.381 e. The van der Waals surface area contributed by atoms with Crippen LogP contribution in [0.15, 0.2) is 121 Å². The molecule has 6 rings (SSSR count). The first kappa shape index (κ1) is 59.5. The molecule has 74 heavy (non-hydrogen) atoms. The number of alkyl halides is 4. The molecular formula is C56H72F4N2O12. The quantitative estimate of drug-likeness (QED) is 0.0287. The van der Waals surface area contributed by atoms with Gasteiger partial charge < -0.3 is 43.6 Å². The maximum atomic E-state index is 15.9. The summed E-state index contributed by atoms with van der Waals surface area (Å²) in [7, 11) is 0. The molecule has 2 aliphatic rings. The topological polar surface area (TPSA) is 177 Å². The van der Waals surface area contributed by atoms with Crippen LogP contribution in [-0.2, 0) is 73.9 Å². The molecule has 2 N–H and O–H groups in total. The SMILES string of the molecule is CCOC(=O)C(CC(F)(F)C1O[C@H](CC)[C@H](C)[C@H](OCc2ccccc2)[C@H]1OCc1ccccc1)[N+](=O)[O-].CCOC(=O)C(N)CC(F)(F)C1O[C@H](CC)[C@H](C)[C@H](OCc2ccccc2)[C@H]1OCc1ccccc1. The van der Waals surface area contributed by atoms with Gasteiger partial charge in [-0.1, -0.05) is 149 Å². The second-order valence-corrected chi connectivity index (χ2v) is 18.6. The van der Waals surface area contributed by atoms with Gasteiger partial charge in [-0.15, -0.1) is 0 Å². The van der Waals surface area contributed by atoms with E-state index in [-0.39, 0.29) is 51.5 Å². The Labute approximate surface area is 431 Å². The normalized spacial score (nSPS) is 24.9. The fraction of sp³-hybridized carbons (Fsp3) is 0.536. The summed E-state index contributed by atoms with van der Waals surface area (Å²) in [6, 6.07) is 33.5. The minimum Gasteiger partial charge on any atom is -0.465 e. The van der Waals surface area contributed by atoms with E-state index in [4.69, 9.17) is 38.9 Å². The van der Waals surface area contributed by atoms with Crippen LogP contribution in [0.1, 0.15) is 89.5 Å². The van der Waals surface area contributed by atoms with Crippen LogP contribution in [0.2, 0.25) is 0 Å². The fourth-order valence-electron chi connectivity index (χ4n) is 9.28. The first-order chi connectivity index (χ1) is 35.4. The molecule has 14 nitrogen and oxygen atoms in total. The molecule has 4 aromatic rings. The average molecular weight is 1040 g/mol. The summed E-state index contributed by atoms with van der Waals surface area (Å²) in [5.74, 6) is -9.96. The van der Waals surface area contributed by atoms with Gasteiger partial charge in [0.15, 0.2) is 6.10 Å². The average Bonchev–Trinajstić information content (AvgIpc) is 3.39. The van der Waals surface area contributed by atoms with Crippen molar-refractivity contribution in [3.8, 4) is 0 Å². The molecule has 0 aliphatic carbocycles. The van der Waals surface area contributed by atoms with E-state index in [2.05, 4.69) is 4.74 Å². The van der Waals surface area contributed by atoms with Crippen LogP contribution >= 0.6 is 0 Å². The third-order valence-electron chi connectivity index (χ3n) is 13.2. The molecule has 0 radical (unpaired) electrons.